The summed E-state index contributed by atoms with van der Waals surface area (Å²) >= 11 is 0. The molecule has 0 aliphatic heterocycles. The molecule has 3 heteroatoms. The summed E-state index contributed by atoms with van der Waals surface area (Å²) in [7, 11) is 3.19. The molecule has 0 radical (unpaired) electrons. The molecular formula is C18H20O3. The molecule has 0 N–H and O–H groups in total. The third-order valence-corrected chi connectivity index (χ3v) is 3.36. The Bertz CT molecular complexity index is 639. The van der Waals surface area contributed by atoms with Crippen molar-refractivity contribution in [3.8, 4) is 11.5 Å². The van der Waals surface area contributed by atoms with Crippen molar-refractivity contribution in [2.75, 3.05) is 14.2 Å². The highest BCUT2D eigenvalue weighted by molar-refractivity contribution is 5.97. The van der Waals surface area contributed by atoms with Crippen molar-refractivity contribution in [1.82, 2.24) is 0 Å². The molecule has 0 atom stereocenters. The van der Waals surface area contributed by atoms with Gasteiger partial charge in [0.25, 0.3) is 0 Å². The Hall–Kier alpha value is -2.29. The monoisotopic (exact) mass is 284 g/mol. The summed E-state index contributed by atoms with van der Waals surface area (Å²) in [6.07, 6.45) is 0.350. The van der Waals surface area contributed by atoms with Crippen molar-refractivity contribution in [2.24, 2.45) is 0 Å². The van der Waals surface area contributed by atoms with Gasteiger partial charge in [-0.25, -0.2) is 0 Å². The third-order valence-electron chi connectivity index (χ3n) is 3.36. The van der Waals surface area contributed by atoms with Gasteiger partial charge in [-0.1, -0.05) is 23.3 Å². The molecule has 0 amide bonds. The van der Waals surface area contributed by atoms with E-state index in [1.165, 1.54) is 0 Å². The Morgan fingerprint density at radius 2 is 1.52 bits per heavy atom. The predicted molar refractivity (Wildman–Crippen MR) is 83.5 cm³/mol. The van der Waals surface area contributed by atoms with Crippen LogP contribution in [0.25, 0.3) is 0 Å². The number of Topliss-reactive ketones (excluding diaryl/α,β-unsaturated/α-hetero) is 1. The average Bonchev–Trinajstić information content (AvgIpc) is 2.46. The maximum atomic E-state index is 12.4. The Kier molecular flexibility index (Phi) is 4.63. The van der Waals surface area contributed by atoms with Crippen molar-refractivity contribution in [1.29, 1.82) is 0 Å². The van der Waals surface area contributed by atoms with E-state index in [4.69, 9.17) is 9.47 Å². The maximum Gasteiger partial charge on any atom is 0.167 e. The summed E-state index contributed by atoms with van der Waals surface area (Å²) < 4.78 is 10.5. The summed E-state index contributed by atoms with van der Waals surface area (Å²) in [6.45, 7) is 4.00. The second kappa shape index (κ2) is 6.44. The van der Waals surface area contributed by atoms with E-state index < -0.39 is 0 Å². The third kappa shape index (κ3) is 3.63. The van der Waals surface area contributed by atoms with Gasteiger partial charge >= 0.3 is 0 Å². The first-order valence-electron chi connectivity index (χ1n) is 6.86. The van der Waals surface area contributed by atoms with Crippen molar-refractivity contribution in [2.45, 2.75) is 20.3 Å². The molecule has 0 aromatic heterocycles. The molecule has 21 heavy (non-hydrogen) atoms. The molecule has 0 fully saturated rings. The summed E-state index contributed by atoms with van der Waals surface area (Å²) in [4.78, 5) is 12.4. The highest BCUT2D eigenvalue weighted by Gasteiger charge is 2.11. The van der Waals surface area contributed by atoms with Crippen LogP contribution in [0, 0.1) is 13.8 Å². The van der Waals surface area contributed by atoms with Gasteiger partial charge in [0.1, 0.15) is 0 Å². The molecule has 2 aromatic carbocycles. The van der Waals surface area contributed by atoms with Gasteiger partial charge in [0, 0.05) is 12.0 Å². The van der Waals surface area contributed by atoms with Gasteiger partial charge in [-0.05, 0) is 43.7 Å². The zero-order valence-electron chi connectivity index (χ0n) is 12.9. The molecule has 0 saturated heterocycles. The van der Waals surface area contributed by atoms with E-state index in [0.29, 0.717) is 17.9 Å². The lowest BCUT2D eigenvalue weighted by Crippen LogP contribution is -2.05. The Labute approximate surface area is 125 Å². The van der Waals surface area contributed by atoms with Crippen LogP contribution in [0.3, 0.4) is 0 Å². The highest BCUT2D eigenvalue weighted by atomic mass is 16.5. The van der Waals surface area contributed by atoms with E-state index in [1.54, 1.807) is 14.2 Å². The first kappa shape index (κ1) is 15.1. The fraction of sp³-hybridized carbons (Fsp3) is 0.278. The lowest BCUT2D eigenvalue weighted by atomic mass is 9.99. The number of aryl methyl sites for hydroxylation is 2. The zero-order chi connectivity index (χ0) is 15.4. The Morgan fingerprint density at radius 1 is 0.905 bits per heavy atom. The number of ether oxygens (including phenoxy) is 2. The SMILES string of the molecule is COc1ccc(CC(=O)c2cc(C)cc(C)c2)cc1OC. The van der Waals surface area contributed by atoms with E-state index in [0.717, 1.165) is 22.3 Å². The molecule has 3 nitrogen and oxygen atoms in total. The van der Waals surface area contributed by atoms with Gasteiger partial charge in [-0.3, -0.25) is 4.79 Å². The van der Waals surface area contributed by atoms with Crippen LogP contribution in [-0.4, -0.2) is 20.0 Å². The van der Waals surface area contributed by atoms with E-state index in [-0.39, 0.29) is 5.78 Å². The minimum Gasteiger partial charge on any atom is -0.493 e. The zero-order valence-corrected chi connectivity index (χ0v) is 12.9. The van der Waals surface area contributed by atoms with Crippen molar-refractivity contribution in [3.63, 3.8) is 0 Å². The number of carbonyl (C=O) groups excluding carboxylic acids is 1. The molecule has 0 spiro atoms. The van der Waals surface area contributed by atoms with Crippen LogP contribution in [0.4, 0.5) is 0 Å². The van der Waals surface area contributed by atoms with Crippen LogP contribution >= 0.6 is 0 Å². The number of rotatable bonds is 5. The second-order valence-corrected chi connectivity index (χ2v) is 5.17. The van der Waals surface area contributed by atoms with Gasteiger partial charge < -0.3 is 9.47 Å². The molecule has 2 rings (SSSR count). The molecule has 0 heterocycles. The number of hydrogen-bond donors (Lipinski definition) is 0. The molecule has 2 aromatic rings. The number of ketones is 1. The summed E-state index contributed by atoms with van der Waals surface area (Å²) in [6, 6.07) is 11.5. The lowest BCUT2D eigenvalue weighted by Gasteiger charge is -2.09. The summed E-state index contributed by atoms with van der Waals surface area (Å²) in [5.41, 5.74) is 3.87. The van der Waals surface area contributed by atoms with Crippen LogP contribution in [0.5, 0.6) is 11.5 Å². The van der Waals surface area contributed by atoms with Gasteiger partial charge in [0.2, 0.25) is 0 Å². The molecule has 0 saturated carbocycles. The topological polar surface area (TPSA) is 35.5 Å². The van der Waals surface area contributed by atoms with Crippen molar-refractivity contribution in [3.05, 3.63) is 58.7 Å². The molecule has 0 unspecified atom stereocenters. The smallest absolute Gasteiger partial charge is 0.167 e. The maximum absolute atomic E-state index is 12.4. The number of carbonyl (C=O) groups is 1. The van der Waals surface area contributed by atoms with Gasteiger partial charge in [-0.15, -0.1) is 0 Å². The Morgan fingerprint density at radius 3 is 2.10 bits per heavy atom. The van der Waals surface area contributed by atoms with Crippen LogP contribution in [0.1, 0.15) is 27.0 Å². The van der Waals surface area contributed by atoms with Crippen LogP contribution < -0.4 is 9.47 Å². The predicted octanol–water partition coefficient (Wildman–Crippen LogP) is 3.75. The Balaban J connectivity index is 2.23. The number of benzene rings is 2. The van der Waals surface area contributed by atoms with E-state index >= 15 is 0 Å². The van der Waals surface area contributed by atoms with Crippen LogP contribution in [-0.2, 0) is 6.42 Å². The molecule has 0 aliphatic rings. The van der Waals surface area contributed by atoms with E-state index in [9.17, 15) is 4.79 Å². The first-order valence-corrected chi connectivity index (χ1v) is 6.86. The lowest BCUT2D eigenvalue weighted by molar-refractivity contribution is 0.0992. The second-order valence-electron chi connectivity index (χ2n) is 5.17. The first-order chi connectivity index (χ1) is 10.0. The summed E-state index contributed by atoms with van der Waals surface area (Å²) in [5.74, 6) is 1.41. The molecule has 0 aliphatic carbocycles. The minimum absolute atomic E-state index is 0.106. The largest absolute Gasteiger partial charge is 0.493 e. The van der Waals surface area contributed by atoms with Crippen molar-refractivity contribution >= 4 is 5.78 Å². The normalized spacial score (nSPS) is 10.3. The quantitative estimate of drug-likeness (QED) is 0.784. The van der Waals surface area contributed by atoms with Gasteiger partial charge in [-0.2, -0.15) is 0 Å². The van der Waals surface area contributed by atoms with Crippen LogP contribution in [0.15, 0.2) is 36.4 Å². The average molecular weight is 284 g/mol. The highest BCUT2D eigenvalue weighted by Crippen LogP contribution is 2.28. The molecule has 0 bridgehead atoms. The number of methoxy groups -OCH3 is 2. The van der Waals surface area contributed by atoms with Gasteiger partial charge in [0.05, 0.1) is 14.2 Å². The summed E-state index contributed by atoms with van der Waals surface area (Å²) in [5, 5.41) is 0. The van der Waals surface area contributed by atoms with E-state index in [2.05, 4.69) is 6.07 Å². The number of hydrogen-bond acceptors (Lipinski definition) is 3. The molecular weight excluding hydrogens is 264 g/mol. The van der Waals surface area contributed by atoms with E-state index in [1.807, 2.05) is 44.2 Å². The fourth-order valence-corrected chi connectivity index (χ4v) is 2.41. The van der Waals surface area contributed by atoms with Crippen molar-refractivity contribution < 1.29 is 14.3 Å². The standard InChI is InChI=1S/C18H20O3/c1-12-7-13(2)9-15(8-12)16(19)10-14-5-6-17(20-3)18(11-14)21-4/h5-9,11H,10H2,1-4H3. The minimum atomic E-state index is 0.106. The fourth-order valence-electron chi connectivity index (χ4n) is 2.41. The molecule has 110 valence electrons. The van der Waals surface area contributed by atoms with Gasteiger partial charge in [0.15, 0.2) is 17.3 Å². The van der Waals surface area contributed by atoms with Crippen LogP contribution in [0.2, 0.25) is 0 Å².